The van der Waals surface area contributed by atoms with Gasteiger partial charge in [0, 0.05) is 12.1 Å². The first-order valence-corrected chi connectivity index (χ1v) is 7.44. The number of hydrogen-bond acceptors (Lipinski definition) is 5. The van der Waals surface area contributed by atoms with Gasteiger partial charge >= 0.3 is 5.97 Å². The maximum Gasteiger partial charge on any atom is 0.338 e. The molecular weight excluding hydrogens is 312 g/mol. The van der Waals surface area contributed by atoms with Crippen molar-refractivity contribution >= 4 is 11.7 Å². The van der Waals surface area contributed by atoms with Crippen LogP contribution in [0.25, 0.3) is 0 Å². The van der Waals surface area contributed by atoms with Crippen LogP contribution in [0.2, 0.25) is 0 Å². The Labute approximate surface area is 138 Å². The first-order valence-electron chi connectivity index (χ1n) is 7.44. The van der Waals surface area contributed by atoms with Gasteiger partial charge in [0.1, 0.15) is 0 Å². The van der Waals surface area contributed by atoms with Gasteiger partial charge in [0.25, 0.3) is 11.2 Å². The molecular formula is C17H18N2O5. The van der Waals surface area contributed by atoms with Gasteiger partial charge in [-0.25, -0.2) is 4.79 Å². The van der Waals surface area contributed by atoms with Gasteiger partial charge in [-0.1, -0.05) is 12.1 Å². The molecule has 0 radical (unpaired) electrons. The summed E-state index contributed by atoms with van der Waals surface area (Å²) in [7, 11) is 0. The quantitative estimate of drug-likeness (QED) is 0.477. The van der Waals surface area contributed by atoms with Gasteiger partial charge in [-0.3, -0.25) is 14.9 Å². The summed E-state index contributed by atoms with van der Waals surface area (Å²) in [6, 6.07) is 9.00. The lowest BCUT2D eigenvalue weighted by atomic mass is 10.1. The highest BCUT2D eigenvalue weighted by molar-refractivity contribution is 5.89. The summed E-state index contributed by atoms with van der Waals surface area (Å²) in [5.74, 6) is -0.416. The fraction of sp³-hybridized carbons (Fsp3) is 0.294. The molecule has 0 spiro atoms. The van der Waals surface area contributed by atoms with Crippen molar-refractivity contribution in [3.63, 3.8) is 0 Å². The Morgan fingerprint density at radius 3 is 2.38 bits per heavy atom. The summed E-state index contributed by atoms with van der Waals surface area (Å²) in [5, 5.41) is 11.0. The molecule has 2 rings (SSSR count). The maximum atomic E-state index is 12.0. The van der Waals surface area contributed by atoms with Crippen molar-refractivity contribution in [2.75, 3.05) is 0 Å². The zero-order chi connectivity index (χ0) is 17.9. The Balaban J connectivity index is 2.26. The van der Waals surface area contributed by atoms with Crippen LogP contribution in [-0.4, -0.2) is 21.6 Å². The molecule has 126 valence electrons. The van der Waals surface area contributed by atoms with E-state index in [1.54, 1.807) is 38.1 Å². The number of hydrogen-bond donors (Lipinski definition) is 0. The van der Waals surface area contributed by atoms with Gasteiger partial charge in [-0.2, -0.15) is 0 Å². The largest absolute Gasteiger partial charge is 0.459 e. The molecule has 0 aliphatic rings. The number of rotatable bonds is 5. The predicted molar refractivity (Wildman–Crippen MR) is 88.2 cm³/mol. The summed E-state index contributed by atoms with van der Waals surface area (Å²) in [6.45, 7) is 5.26. The highest BCUT2D eigenvalue weighted by atomic mass is 16.6. The van der Waals surface area contributed by atoms with Crippen LogP contribution in [0.5, 0.6) is 0 Å². The summed E-state index contributed by atoms with van der Waals surface area (Å²) in [5.41, 5.74) is 1.03. The first-order chi connectivity index (χ1) is 11.3. The van der Waals surface area contributed by atoms with E-state index < -0.39 is 10.9 Å². The fourth-order valence-corrected chi connectivity index (χ4v) is 2.26. The average molecular weight is 330 g/mol. The second kappa shape index (κ2) is 7.08. The lowest BCUT2D eigenvalue weighted by Gasteiger charge is -2.11. The van der Waals surface area contributed by atoms with Gasteiger partial charge in [0.05, 0.1) is 28.8 Å². The van der Waals surface area contributed by atoms with Crippen LogP contribution in [0.15, 0.2) is 41.2 Å². The number of ether oxygens (including phenoxy) is 1. The fourth-order valence-electron chi connectivity index (χ4n) is 2.26. The van der Waals surface area contributed by atoms with Crippen molar-refractivity contribution in [3.8, 4) is 0 Å². The Morgan fingerprint density at radius 1 is 1.21 bits per heavy atom. The van der Waals surface area contributed by atoms with Crippen molar-refractivity contribution < 1.29 is 14.5 Å². The minimum Gasteiger partial charge on any atom is -0.459 e. The molecule has 7 heteroatoms. The molecule has 0 aliphatic carbocycles. The zero-order valence-electron chi connectivity index (χ0n) is 13.7. The van der Waals surface area contributed by atoms with E-state index in [1.807, 2.05) is 0 Å². The third kappa shape index (κ3) is 3.87. The van der Waals surface area contributed by atoms with Crippen molar-refractivity contribution in [2.45, 2.75) is 33.4 Å². The molecule has 0 saturated heterocycles. The third-order valence-electron chi connectivity index (χ3n) is 3.50. The SMILES string of the molecule is Cc1c([N+](=O)[O-])ccc(=O)n1Cc1ccc(C(=O)OC(C)C)cc1. The van der Waals surface area contributed by atoms with Crippen LogP contribution in [0.3, 0.4) is 0 Å². The molecule has 24 heavy (non-hydrogen) atoms. The van der Waals surface area contributed by atoms with Gasteiger partial charge in [0.15, 0.2) is 0 Å². The van der Waals surface area contributed by atoms with E-state index in [2.05, 4.69) is 0 Å². The van der Waals surface area contributed by atoms with Gasteiger partial charge in [-0.05, 0) is 38.5 Å². The zero-order valence-corrected chi connectivity index (χ0v) is 13.7. The molecule has 0 unspecified atom stereocenters. The lowest BCUT2D eigenvalue weighted by Crippen LogP contribution is -2.23. The second-order valence-corrected chi connectivity index (χ2v) is 5.64. The average Bonchev–Trinajstić information content (AvgIpc) is 2.51. The Hall–Kier alpha value is -2.96. The van der Waals surface area contributed by atoms with Crippen LogP contribution < -0.4 is 5.56 Å². The van der Waals surface area contributed by atoms with E-state index in [-0.39, 0.29) is 29.6 Å². The first kappa shape index (κ1) is 17.4. The van der Waals surface area contributed by atoms with Gasteiger partial charge in [-0.15, -0.1) is 0 Å². The molecule has 0 N–H and O–H groups in total. The second-order valence-electron chi connectivity index (χ2n) is 5.64. The van der Waals surface area contributed by atoms with E-state index in [0.29, 0.717) is 5.56 Å². The van der Waals surface area contributed by atoms with E-state index >= 15 is 0 Å². The van der Waals surface area contributed by atoms with E-state index in [0.717, 1.165) is 5.56 Å². The van der Waals surface area contributed by atoms with Gasteiger partial charge in [0.2, 0.25) is 0 Å². The van der Waals surface area contributed by atoms with Crippen LogP contribution in [-0.2, 0) is 11.3 Å². The number of nitrogens with zero attached hydrogens (tertiary/aromatic N) is 2. The molecule has 0 atom stereocenters. The van der Waals surface area contributed by atoms with Crippen molar-refractivity contribution in [1.29, 1.82) is 0 Å². The maximum absolute atomic E-state index is 12.0. The Kier molecular flexibility index (Phi) is 5.13. The Bertz CT molecular complexity index is 822. The topological polar surface area (TPSA) is 91.4 Å². The number of esters is 1. The van der Waals surface area contributed by atoms with Crippen molar-refractivity contribution in [1.82, 2.24) is 4.57 Å². The highest BCUT2D eigenvalue weighted by Gasteiger charge is 2.15. The normalized spacial score (nSPS) is 10.7. The number of carbonyl (C=O) groups is 1. The van der Waals surface area contributed by atoms with Crippen LogP contribution in [0, 0.1) is 17.0 Å². The molecule has 0 fully saturated rings. The standard InChI is InChI=1S/C17H18N2O5/c1-11(2)24-17(21)14-6-4-13(5-7-14)10-18-12(3)15(19(22)23)8-9-16(18)20/h4-9,11H,10H2,1-3H3. The molecule has 2 aromatic rings. The molecule has 1 aromatic carbocycles. The minimum absolute atomic E-state index is 0.105. The monoisotopic (exact) mass is 330 g/mol. The number of pyridine rings is 1. The third-order valence-corrected chi connectivity index (χ3v) is 3.50. The van der Waals surface area contributed by atoms with Crippen molar-refractivity contribution in [2.24, 2.45) is 0 Å². The van der Waals surface area contributed by atoms with Gasteiger partial charge < -0.3 is 9.30 Å². The number of nitro groups is 1. The summed E-state index contributed by atoms with van der Waals surface area (Å²) in [6.07, 6.45) is -0.205. The molecule has 0 bridgehead atoms. The lowest BCUT2D eigenvalue weighted by molar-refractivity contribution is -0.386. The van der Waals surface area contributed by atoms with Crippen LogP contribution in [0.4, 0.5) is 5.69 Å². The van der Waals surface area contributed by atoms with Crippen molar-refractivity contribution in [3.05, 3.63) is 73.7 Å². The molecule has 0 saturated carbocycles. The number of benzene rings is 1. The summed E-state index contributed by atoms with van der Waals surface area (Å²) in [4.78, 5) is 34.2. The summed E-state index contributed by atoms with van der Waals surface area (Å²) >= 11 is 0. The van der Waals surface area contributed by atoms with E-state index in [4.69, 9.17) is 4.74 Å². The minimum atomic E-state index is -0.518. The van der Waals surface area contributed by atoms with Crippen LogP contribution >= 0.6 is 0 Å². The molecule has 0 amide bonds. The number of aromatic nitrogens is 1. The molecule has 1 heterocycles. The highest BCUT2D eigenvalue weighted by Crippen LogP contribution is 2.16. The predicted octanol–water partition coefficient (Wildman–Crippen LogP) is 2.68. The molecule has 1 aromatic heterocycles. The molecule has 7 nitrogen and oxygen atoms in total. The smallest absolute Gasteiger partial charge is 0.338 e. The number of carbonyl (C=O) groups excluding carboxylic acids is 1. The van der Waals surface area contributed by atoms with E-state index in [9.17, 15) is 19.7 Å². The molecule has 0 aliphatic heterocycles. The van der Waals surface area contributed by atoms with E-state index in [1.165, 1.54) is 23.6 Å². The van der Waals surface area contributed by atoms with Crippen LogP contribution in [0.1, 0.15) is 35.5 Å². The Morgan fingerprint density at radius 2 is 1.83 bits per heavy atom. The summed E-state index contributed by atoms with van der Waals surface area (Å²) < 4.78 is 6.44.